The maximum absolute atomic E-state index is 11.6. The molecule has 2 rings (SSSR count). The Labute approximate surface area is 120 Å². The summed E-state index contributed by atoms with van der Waals surface area (Å²) in [5.41, 5.74) is 0.352. The van der Waals surface area contributed by atoms with Crippen molar-refractivity contribution in [3.63, 3.8) is 0 Å². The number of aromatic amines is 1. The van der Waals surface area contributed by atoms with Crippen LogP contribution in [0.15, 0.2) is 47.5 Å². The van der Waals surface area contributed by atoms with Crippen LogP contribution in [0.25, 0.3) is 0 Å². The van der Waals surface area contributed by atoms with Crippen LogP contribution in [-0.2, 0) is 16.1 Å². The minimum absolute atomic E-state index is 0.0605. The molecule has 1 aromatic carbocycles. The summed E-state index contributed by atoms with van der Waals surface area (Å²) in [5.74, 6) is -1.19. The molecule has 2 aromatic rings. The monoisotopic (exact) mass is 287 g/mol. The second-order valence-electron chi connectivity index (χ2n) is 4.13. The Balaban J connectivity index is 1.79. The van der Waals surface area contributed by atoms with Crippen LogP contribution in [0, 0.1) is 0 Å². The number of carbonyl (C=O) groups excluding carboxylic acids is 2. The van der Waals surface area contributed by atoms with E-state index in [0.29, 0.717) is 0 Å². The molecule has 0 aliphatic rings. The first kappa shape index (κ1) is 14.4. The highest BCUT2D eigenvalue weighted by molar-refractivity contribution is 5.94. The number of carbonyl (C=O) groups is 2. The zero-order valence-corrected chi connectivity index (χ0v) is 11.0. The third-order valence-corrected chi connectivity index (χ3v) is 2.55. The van der Waals surface area contributed by atoms with Crippen molar-refractivity contribution in [2.24, 2.45) is 0 Å². The number of rotatable bonds is 5. The number of hydrogen-bond acceptors (Lipinski definition) is 5. The first-order chi connectivity index (χ1) is 10.1. The van der Waals surface area contributed by atoms with Gasteiger partial charge in [0, 0.05) is 6.07 Å². The number of nitrogens with one attached hydrogen (secondary N) is 2. The lowest BCUT2D eigenvalue weighted by molar-refractivity contribution is -0.143. The van der Waals surface area contributed by atoms with E-state index in [1.54, 1.807) is 0 Å². The molecule has 1 heterocycles. The average molecular weight is 287 g/mol. The van der Waals surface area contributed by atoms with Crippen LogP contribution in [0.1, 0.15) is 16.1 Å². The van der Waals surface area contributed by atoms with E-state index in [2.05, 4.69) is 15.3 Å². The van der Waals surface area contributed by atoms with E-state index < -0.39 is 17.4 Å². The Morgan fingerprint density at radius 2 is 2.00 bits per heavy atom. The van der Waals surface area contributed by atoms with Crippen molar-refractivity contribution in [1.82, 2.24) is 15.3 Å². The number of H-pyrrole nitrogens is 1. The third-order valence-electron chi connectivity index (χ3n) is 2.55. The van der Waals surface area contributed by atoms with Crippen LogP contribution < -0.4 is 10.9 Å². The quantitative estimate of drug-likeness (QED) is 0.767. The van der Waals surface area contributed by atoms with Gasteiger partial charge in [-0.15, -0.1) is 0 Å². The highest BCUT2D eigenvalue weighted by Gasteiger charge is 2.10. The van der Waals surface area contributed by atoms with Gasteiger partial charge in [-0.3, -0.25) is 14.4 Å². The van der Waals surface area contributed by atoms with Crippen LogP contribution in [0.4, 0.5) is 0 Å². The Morgan fingerprint density at radius 3 is 2.71 bits per heavy atom. The van der Waals surface area contributed by atoms with Crippen LogP contribution in [-0.4, -0.2) is 28.4 Å². The summed E-state index contributed by atoms with van der Waals surface area (Å²) in [6.07, 6.45) is 1.12. The number of benzene rings is 1. The summed E-state index contributed by atoms with van der Waals surface area (Å²) in [5, 5.41) is 2.33. The molecule has 2 N–H and O–H groups in total. The molecule has 0 aliphatic carbocycles. The zero-order valence-electron chi connectivity index (χ0n) is 11.0. The van der Waals surface area contributed by atoms with E-state index in [1.165, 1.54) is 0 Å². The molecule has 0 radical (unpaired) electrons. The lowest BCUT2D eigenvalue weighted by Crippen LogP contribution is -2.31. The summed E-state index contributed by atoms with van der Waals surface area (Å²) in [7, 11) is 0. The van der Waals surface area contributed by atoms with Crippen molar-refractivity contribution in [1.29, 1.82) is 0 Å². The van der Waals surface area contributed by atoms with E-state index in [4.69, 9.17) is 4.74 Å². The first-order valence-electron chi connectivity index (χ1n) is 6.17. The van der Waals surface area contributed by atoms with E-state index >= 15 is 0 Å². The fourth-order valence-electron chi connectivity index (χ4n) is 1.52. The van der Waals surface area contributed by atoms with Gasteiger partial charge in [0.2, 0.25) is 0 Å². The van der Waals surface area contributed by atoms with Crippen molar-refractivity contribution in [3.8, 4) is 0 Å². The molecule has 0 atom stereocenters. The second-order valence-corrected chi connectivity index (χ2v) is 4.13. The van der Waals surface area contributed by atoms with E-state index in [-0.39, 0.29) is 18.8 Å². The molecular formula is C14H13N3O4. The molecule has 0 saturated heterocycles. The topological polar surface area (TPSA) is 101 Å². The molecule has 1 aromatic heterocycles. The Kier molecular flexibility index (Phi) is 4.81. The molecule has 21 heavy (non-hydrogen) atoms. The number of hydrogen-bond donors (Lipinski definition) is 2. The molecule has 0 spiro atoms. The standard InChI is InChI=1S/C14H13N3O4/c18-12-6-11(16-9-17-12)14(20)15-7-13(19)21-8-10-4-2-1-3-5-10/h1-6,9H,7-8H2,(H,15,20)(H,16,17,18). The van der Waals surface area contributed by atoms with Crippen molar-refractivity contribution in [2.45, 2.75) is 6.61 Å². The number of aromatic nitrogens is 2. The van der Waals surface area contributed by atoms with Crippen LogP contribution in [0.2, 0.25) is 0 Å². The first-order valence-corrected chi connectivity index (χ1v) is 6.17. The smallest absolute Gasteiger partial charge is 0.325 e. The highest BCUT2D eigenvalue weighted by atomic mass is 16.5. The SMILES string of the molecule is O=C(CNC(=O)c1cc(=O)[nH]cn1)OCc1ccccc1. The highest BCUT2D eigenvalue weighted by Crippen LogP contribution is 2.00. The molecule has 7 heteroatoms. The molecule has 0 bridgehead atoms. The maximum atomic E-state index is 11.6. The minimum atomic E-state index is -0.613. The van der Waals surface area contributed by atoms with Crippen molar-refractivity contribution >= 4 is 11.9 Å². The van der Waals surface area contributed by atoms with Gasteiger partial charge in [0.15, 0.2) is 0 Å². The van der Waals surface area contributed by atoms with Gasteiger partial charge in [0.25, 0.3) is 11.5 Å². The van der Waals surface area contributed by atoms with Crippen molar-refractivity contribution in [3.05, 3.63) is 64.3 Å². The van der Waals surface area contributed by atoms with Crippen LogP contribution in [0.5, 0.6) is 0 Å². The van der Waals surface area contributed by atoms with Gasteiger partial charge in [-0.05, 0) is 5.56 Å². The van der Waals surface area contributed by atoms with E-state index in [0.717, 1.165) is 18.0 Å². The number of ether oxygens (including phenoxy) is 1. The summed E-state index contributed by atoms with van der Waals surface area (Å²) < 4.78 is 5.00. The third kappa shape index (κ3) is 4.57. The van der Waals surface area contributed by atoms with Crippen molar-refractivity contribution in [2.75, 3.05) is 6.54 Å². The lowest BCUT2D eigenvalue weighted by Gasteiger charge is -2.06. The van der Waals surface area contributed by atoms with Gasteiger partial charge in [-0.25, -0.2) is 4.98 Å². The summed E-state index contributed by atoms with van der Waals surface area (Å²) in [6, 6.07) is 10.2. The van der Waals surface area contributed by atoms with Crippen molar-refractivity contribution < 1.29 is 14.3 Å². The zero-order chi connectivity index (χ0) is 15.1. The van der Waals surface area contributed by atoms with Gasteiger partial charge >= 0.3 is 5.97 Å². The molecule has 1 amide bonds. The summed E-state index contributed by atoms with van der Waals surface area (Å²) >= 11 is 0. The lowest BCUT2D eigenvalue weighted by atomic mass is 10.2. The molecule has 108 valence electrons. The van der Waals surface area contributed by atoms with Gasteiger partial charge in [0.05, 0.1) is 6.33 Å². The van der Waals surface area contributed by atoms with Gasteiger partial charge in [-0.2, -0.15) is 0 Å². The molecule has 0 unspecified atom stereocenters. The predicted molar refractivity (Wildman–Crippen MR) is 73.4 cm³/mol. The largest absolute Gasteiger partial charge is 0.460 e. The van der Waals surface area contributed by atoms with Gasteiger partial charge in [-0.1, -0.05) is 30.3 Å². The van der Waals surface area contributed by atoms with E-state index in [9.17, 15) is 14.4 Å². The number of nitrogens with zero attached hydrogens (tertiary/aromatic N) is 1. The normalized spacial score (nSPS) is 9.90. The average Bonchev–Trinajstić information content (AvgIpc) is 2.51. The Bertz CT molecular complexity index is 682. The fraction of sp³-hybridized carbons (Fsp3) is 0.143. The Hall–Kier alpha value is -2.96. The Morgan fingerprint density at radius 1 is 1.24 bits per heavy atom. The maximum Gasteiger partial charge on any atom is 0.325 e. The van der Waals surface area contributed by atoms with Gasteiger partial charge in [0.1, 0.15) is 18.8 Å². The van der Waals surface area contributed by atoms with Crippen LogP contribution >= 0.6 is 0 Å². The minimum Gasteiger partial charge on any atom is -0.460 e. The molecule has 7 nitrogen and oxygen atoms in total. The fourth-order valence-corrected chi connectivity index (χ4v) is 1.52. The second kappa shape index (κ2) is 6.99. The summed E-state index contributed by atoms with van der Waals surface area (Å²) in [6.45, 7) is -0.154. The number of amides is 1. The van der Waals surface area contributed by atoms with Crippen LogP contribution in [0.3, 0.4) is 0 Å². The molecule has 0 fully saturated rings. The number of esters is 1. The summed E-state index contributed by atoms with van der Waals surface area (Å²) in [4.78, 5) is 40.1. The van der Waals surface area contributed by atoms with E-state index in [1.807, 2.05) is 30.3 Å². The molecule has 0 saturated carbocycles. The van der Waals surface area contributed by atoms with Gasteiger partial charge < -0.3 is 15.0 Å². The predicted octanol–water partition coefficient (Wildman–Crippen LogP) is 0.243. The molecule has 0 aliphatic heterocycles. The molecular weight excluding hydrogens is 274 g/mol.